The lowest BCUT2D eigenvalue weighted by atomic mass is 9.98. The molecular weight excluding hydrogens is 288 g/mol. The third kappa shape index (κ3) is 2.22. The van der Waals surface area contributed by atoms with Crippen LogP contribution in [0.1, 0.15) is 11.3 Å². The largest absolute Gasteiger partial charge is 0.493 e. The fourth-order valence-corrected chi connectivity index (χ4v) is 3.08. The molecule has 116 valence electrons. The number of para-hydroxylation sites is 1. The molecule has 0 aliphatic rings. The highest BCUT2D eigenvalue weighted by Gasteiger charge is 2.20. The van der Waals surface area contributed by atoms with Gasteiger partial charge in [-0.05, 0) is 19.1 Å². The number of benzene rings is 2. The van der Waals surface area contributed by atoms with Crippen LogP contribution in [-0.2, 0) is 7.05 Å². The summed E-state index contributed by atoms with van der Waals surface area (Å²) in [5.41, 5.74) is 4.74. The molecule has 0 spiro atoms. The predicted molar refractivity (Wildman–Crippen MR) is 90.9 cm³/mol. The number of aryl methyl sites for hydroxylation is 1. The van der Waals surface area contributed by atoms with Crippen molar-refractivity contribution in [3.8, 4) is 28.7 Å². The quantitative estimate of drug-likeness (QED) is 0.733. The van der Waals surface area contributed by atoms with E-state index in [-0.39, 0.29) is 0 Å². The van der Waals surface area contributed by atoms with Gasteiger partial charge >= 0.3 is 0 Å². The second-order valence-corrected chi connectivity index (χ2v) is 5.41. The average molecular weight is 306 g/mol. The summed E-state index contributed by atoms with van der Waals surface area (Å²) < 4.78 is 13.2. The molecule has 1 heterocycles. The molecule has 0 amide bonds. The van der Waals surface area contributed by atoms with Crippen molar-refractivity contribution >= 4 is 10.9 Å². The summed E-state index contributed by atoms with van der Waals surface area (Å²) in [7, 11) is 5.24. The molecule has 0 atom stereocenters. The number of ether oxygens (including phenoxy) is 2. The second-order valence-electron chi connectivity index (χ2n) is 5.41. The van der Waals surface area contributed by atoms with Gasteiger partial charge in [-0.1, -0.05) is 18.2 Å². The van der Waals surface area contributed by atoms with E-state index in [9.17, 15) is 5.26 Å². The topological polar surface area (TPSA) is 47.2 Å². The summed E-state index contributed by atoms with van der Waals surface area (Å²) in [5.74, 6) is 1.21. The van der Waals surface area contributed by atoms with Crippen LogP contribution in [0, 0.1) is 18.3 Å². The first-order valence-electron chi connectivity index (χ1n) is 7.32. The number of nitrogens with zero attached hydrogens (tertiary/aromatic N) is 2. The molecule has 23 heavy (non-hydrogen) atoms. The van der Waals surface area contributed by atoms with E-state index in [2.05, 4.69) is 29.7 Å². The number of fused-ring (bicyclic) bond motifs is 1. The summed E-state index contributed by atoms with van der Waals surface area (Å²) in [6.45, 7) is 2.07. The standard InChI is InChI=1S/C19H18N2O2/c1-12-18(14-7-5-6-8-16(14)21(12)2)15-9-13(11-20)10-17(22-3)19(15)23-4/h5-10H,1-4H3. The third-order valence-electron chi connectivity index (χ3n) is 4.28. The van der Waals surface area contributed by atoms with Gasteiger partial charge in [-0.25, -0.2) is 0 Å². The summed E-state index contributed by atoms with van der Waals surface area (Å²) in [6.07, 6.45) is 0. The van der Waals surface area contributed by atoms with E-state index in [0.29, 0.717) is 17.1 Å². The maximum atomic E-state index is 9.33. The third-order valence-corrected chi connectivity index (χ3v) is 4.28. The molecule has 4 nitrogen and oxygen atoms in total. The molecule has 0 N–H and O–H groups in total. The lowest BCUT2D eigenvalue weighted by Crippen LogP contribution is -1.96. The molecule has 0 aliphatic carbocycles. The van der Waals surface area contributed by atoms with Gasteiger partial charge in [0.2, 0.25) is 0 Å². The number of aromatic nitrogens is 1. The van der Waals surface area contributed by atoms with Gasteiger partial charge in [0.05, 0.1) is 25.9 Å². The van der Waals surface area contributed by atoms with Gasteiger partial charge < -0.3 is 14.0 Å². The van der Waals surface area contributed by atoms with Crippen molar-refractivity contribution in [1.82, 2.24) is 4.57 Å². The fourth-order valence-electron chi connectivity index (χ4n) is 3.08. The predicted octanol–water partition coefficient (Wildman–Crippen LogP) is 4.04. The smallest absolute Gasteiger partial charge is 0.168 e. The Balaban J connectivity index is 2.44. The van der Waals surface area contributed by atoms with E-state index in [1.54, 1.807) is 20.3 Å². The Morgan fingerprint density at radius 1 is 1.09 bits per heavy atom. The van der Waals surface area contributed by atoms with Crippen LogP contribution in [0.15, 0.2) is 36.4 Å². The molecule has 0 unspecified atom stereocenters. The van der Waals surface area contributed by atoms with Gasteiger partial charge in [0.1, 0.15) is 0 Å². The summed E-state index contributed by atoms with van der Waals surface area (Å²) in [5, 5.41) is 10.5. The Morgan fingerprint density at radius 2 is 1.83 bits per heavy atom. The van der Waals surface area contributed by atoms with Gasteiger partial charge in [-0.3, -0.25) is 0 Å². The van der Waals surface area contributed by atoms with Crippen LogP contribution in [0.2, 0.25) is 0 Å². The van der Waals surface area contributed by atoms with Crippen LogP contribution in [0.25, 0.3) is 22.0 Å². The molecule has 0 saturated heterocycles. The zero-order valence-electron chi connectivity index (χ0n) is 13.7. The van der Waals surface area contributed by atoms with Crippen LogP contribution in [0.4, 0.5) is 0 Å². The molecule has 2 aromatic carbocycles. The fraction of sp³-hybridized carbons (Fsp3) is 0.211. The highest BCUT2D eigenvalue weighted by molar-refractivity contribution is 6.00. The Morgan fingerprint density at radius 3 is 2.48 bits per heavy atom. The van der Waals surface area contributed by atoms with Crippen molar-refractivity contribution < 1.29 is 9.47 Å². The van der Waals surface area contributed by atoms with Crippen LogP contribution in [0.5, 0.6) is 11.5 Å². The van der Waals surface area contributed by atoms with E-state index >= 15 is 0 Å². The van der Waals surface area contributed by atoms with Gasteiger partial charge in [0, 0.05) is 40.8 Å². The van der Waals surface area contributed by atoms with E-state index in [0.717, 1.165) is 27.7 Å². The number of rotatable bonds is 3. The first kappa shape index (κ1) is 15.0. The van der Waals surface area contributed by atoms with Crippen LogP contribution < -0.4 is 9.47 Å². The molecule has 3 rings (SSSR count). The molecule has 3 aromatic rings. The monoisotopic (exact) mass is 306 g/mol. The summed E-state index contributed by atoms with van der Waals surface area (Å²) in [4.78, 5) is 0. The lowest BCUT2D eigenvalue weighted by molar-refractivity contribution is 0.356. The Bertz CT molecular complexity index is 933. The first-order chi connectivity index (χ1) is 11.1. The Hall–Kier alpha value is -2.93. The molecule has 1 aromatic heterocycles. The maximum Gasteiger partial charge on any atom is 0.168 e. The van der Waals surface area contributed by atoms with Crippen LogP contribution in [-0.4, -0.2) is 18.8 Å². The van der Waals surface area contributed by atoms with Crippen molar-refractivity contribution in [2.45, 2.75) is 6.92 Å². The van der Waals surface area contributed by atoms with Crippen molar-refractivity contribution in [2.24, 2.45) is 7.05 Å². The zero-order valence-corrected chi connectivity index (χ0v) is 13.7. The highest BCUT2D eigenvalue weighted by atomic mass is 16.5. The summed E-state index contributed by atoms with van der Waals surface area (Å²) >= 11 is 0. The number of nitriles is 1. The van der Waals surface area contributed by atoms with E-state index in [1.807, 2.05) is 25.2 Å². The molecule has 0 fully saturated rings. The van der Waals surface area contributed by atoms with Crippen LogP contribution in [0.3, 0.4) is 0 Å². The summed E-state index contributed by atoms with van der Waals surface area (Å²) in [6, 6.07) is 14.0. The van der Waals surface area contributed by atoms with Gasteiger partial charge in [0.15, 0.2) is 11.5 Å². The van der Waals surface area contributed by atoms with Crippen LogP contribution >= 0.6 is 0 Å². The molecule has 0 radical (unpaired) electrons. The lowest BCUT2D eigenvalue weighted by Gasteiger charge is -2.14. The van der Waals surface area contributed by atoms with Crippen molar-refractivity contribution in [3.05, 3.63) is 47.7 Å². The van der Waals surface area contributed by atoms with Gasteiger partial charge in [-0.15, -0.1) is 0 Å². The van der Waals surface area contributed by atoms with Gasteiger partial charge in [0.25, 0.3) is 0 Å². The number of hydrogen-bond donors (Lipinski definition) is 0. The molecular formula is C19H18N2O2. The second kappa shape index (κ2) is 5.69. The number of hydrogen-bond acceptors (Lipinski definition) is 3. The maximum absolute atomic E-state index is 9.33. The van der Waals surface area contributed by atoms with E-state index in [4.69, 9.17) is 9.47 Å². The minimum absolute atomic E-state index is 0.546. The van der Waals surface area contributed by atoms with E-state index < -0.39 is 0 Å². The minimum atomic E-state index is 0.546. The van der Waals surface area contributed by atoms with Crippen molar-refractivity contribution in [2.75, 3.05) is 14.2 Å². The molecule has 4 heteroatoms. The Kier molecular flexibility index (Phi) is 3.71. The molecule has 0 bridgehead atoms. The minimum Gasteiger partial charge on any atom is -0.493 e. The zero-order chi connectivity index (χ0) is 16.6. The molecule has 0 saturated carbocycles. The normalized spacial score (nSPS) is 10.6. The number of methoxy groups -OCH3 is 2. The molecule has 0 aliphatic heterocycles. The van der Waals surface area contributed by atoms with Gasteiger partial charge in [-0.2, -0.15) is 5.26 Å². The van der Waals surface area contributed by atoms with E-state index in [1.165, 1.54) is 0 Å². The highest BCUT2D eigenvalue weighted by Crippen LogP contribution is 2.43. The first-order valence-corrected chi connectivity index (χ1v) is 7.32. The average Bonchev–Trinajstić information content (AvgIpc) is 2.85. The van der Waals surface area contributed by atoms with Crippen molar-refractivity contribution in [3.63, 3.8) is 0 Å². The Labute approximate surface area is 135 Å². The SMILES string of the molecule is COc1cc(C#N)cc(-c2c(C)n(C)c3ccccc23)c1OC. The van der Waals surface area contributed by atoms with Crippen molar-refractivity contribution in [1.29, 1.82) is 5.26 Å².